The number of aromatic nitrogens is 3. The van der Waals surface area contributed by atoms with Crippen molar-refractivity contribution in [2.75, 3.05) is 0 Å². The first-order valence-corrected chi connectivity index (χ1v) is 8.42. The van der Waals surface area contributed by atoms with E-state index in [-0.39, 0.29) is 11.2 Å². The molecule has 4 aliphatic carbocycles. The summed E-state index contributed by atoms with van der Waals surface area (Å²) >= 11 is 3.35. The molecule has 1 heterocycles. The number of rotatable bonds is 3. The van der Waals surface area contributed by atoms with Crippen molar-refractivity contribution in [2.24, 2.45) is 30.2 Å². The first kappa shape index (κ1) is 13.0. The van der Waals surface area contributed by atoms with Crippen LogP contribution in [0.15, 0.2) is 4.60 Å². The predicted octanol–water partition coefficient (Wildman–Crippen LogP) is 3.37. The second-order valence-electron chi connectivity index (χ2n) is 7.37. The van der Waals surface area contributed by atoms with E-state index in [1.807, 2.05) is 0 Å². The van der Waals surface area contributed by atoms with Gasteiger partial charge < -0.3 is 0 Å². The molecule has 0 spiro atoms. The van der Waals surface area contributed by atoms with E-state index in [0.29, 0.717) is 16.7 Å². The van der Waals surface area contributed by atoms with Gasteiger partial charge in [0, 0.05) is 13.5 Å². The zero-order valence-electron chi connectivity index (χ0n) is 11.8. The lowest BCUT2D eigenvalue weighted by atomic mass is 9.48. The molecule has 0 aromatic carbocycles. The van der Waals surface area contributed by atoms with Crippen LogP contribution in [0, 0.1) is 23.2 Å². The third-order valence-corrected chi connectivity index (χ3v) is 6.28. The van der Waals surface area contributed by atoms with Gasteiger partial charge in [0.1, 0.15) is 5.69 Å². The van der Waals surface area contributed by atoms with Crippen LogP contribution in [0.25, 0.3) is 0 Å². The second kappa shape index (κ2) is 4.39. The lowest BCUT2D eigenvalue weighted by Crippen LogP contribution is -2.47. The summed E-state index contributed by atoms with van der Waals surface area (Å²) < 4.78 is 2.20. The molecule has 1 aromatic rings. The number of carbonyl (C=O) groups is 1. The first-order chi connectivity index (χ1) is 9.55. The zero-order chi connectivity index (χ0) is 13.9. The van der Waals surface area contributed by atoms with E-state index < -0.39 is 0 Å². The van der Waals surface area contributed by atoms with E-state index in [2.05, 4.69) is 26.2 Å². The van der Waals surface area contributed by atoms with E-state index in [1.165, 1.54) is 38.5 Å². The molecule has 108 valence electrons. The molecule has 4 saturated carbocycles. The molecule has 0 unspecified atom stereocenters. The minimum absolute atomic E-state index is 0.214. The van der Waals surface area contributed by atoms with E-state index in [4.69, 9.17) is 0 Å². The second-order valence-corrected chi connectivity index (χ2v) is 8.12. The Morgan fingerprint density at radius 2 is 1.80 bits per heavy atom. The molecule has 20 heavy (non-hydrogen) atoms. The van der Waals surface area contributed by atoms with Crippen LogP contribution in [0.3, 0.4) is 0 Å². The third-order valence-electron chi connectivity index (χ3n) is 5.75. The lowest BCUT2D eigenvalue weighted by molar-refractivity contribution is -0.0525. The fourth-order valence-corrected chi connectivity index (χ4v) is 6.11. The molecule has 0 radical (unpaired) electrons. The molecule has 1 aromatic heterocycles. The minimum atomic E-state index is 0.214. The Hall–Kier alpha value is -0.710. The largest absolute Gasteiger partial charge is 0.292 e. The minimum Gasteiger partial charge on any atom is -0.292 e. The van der Waals surface area contributed by atoms with Gasteiger partial charge >= 0.3 is 0 Å². The number of halogens is 1. The van der Waals surface area contributed by atoms with E-state index in [0.717, 1.165) is 17.8 Å². The SMILES string of the molecule is Cn1nnc(Br)c1C(=O)CC12CC3CC(CC(C3)C1)C2. The number of carbonyl (C=O) groups excluding carboxylic acids is 1. The van der Waals surface area contributed by atoms with Crippen molar-refractivity contribution in [3.05, 3.63) is 10.3 Å². The summed E-state index contributed by atoms with van der Waals surface area (Å²) in [5.74, 6) is 2.89. The Morgan fingerprint density at radius 3 is 2.25 bits per heavy atom. The average Bonchev–Trinajstić information content (AvgIpc) is 2.66. The molecule has 0 aliphatic heterocycles. The molecule has 5 rings (SSSR count). The summed E-state index contributed by atoms with van der Waals surface area (Å²) in [5.41, 5.74) is 0.927. The van der Waals surface area contributed by atoms with Crippen LogP contribution in [-0.4, -0.2) is 20.8 Å². The number of hydrogen-bond donors (Lipinski definition) is 0. The summed E-state index contributed by atoms with van der Waals surface area (Å²) in [6.45, 7) is 0. The summed E-state index contributed by atoms with van der Waals surface area (Å²) in [6, 6.07) is 0. The van der Waals surface area contributed by atoms with Gasteiger partial charge in [-0.2, -0.15) is 0 Å². The van der Waals surface area contributed by atoms with Crippen LogP contribution in [0.4, 0.5) is 0 Å². The summed E-state index contributed by atoms with van der Waals surface area (Å²) in [7, 11) is 1.80. The number of Topliss-reactive ketones (excluding diaryl/α,β-unsaturated/α-hetero) is 1. The summed E-state index contributed by atoms with van der Waals surface area (Å²) in [4.78, 5) is 12.7. The molecule has 4 fully saturated rings. The van der Waals surface area contributed by atoms with E-state index in [9.17, 15) is 4.79 Å². The number of ketones is 1. The molecule has 5 heteroatoms. The smallest absolute Gasteiger partial charge is 0.184 e. The first-order valence-electron chi connectivity index (χ1n) is 7.63. The maximum absolute atomic E-state index is 12.7. The van der Waals surface area contributed by atoms with Crippen LogP contribution in [-0.2, 0) is 7.05 Å². The molecule has 4 bridgehead atoms. The fraction of sp³-hybridized carbons (Fsp3) is 0.800. The van der Waals surface area contributed by atoms with Gasteiger partial charge in [-0.25, -0.2) is 4.68 Å². The van der Waals surface area contributed by atoms with Gasteiger partial charge in [-0.3, -0.25) is 4.79 Å². The van der Waals surface area contributed by atoms with E-state index in [1.54, 1.807) is 11.7 Å². The van der Waals surface area contributed by atoms with Gasteiger partial charge in [-0.15, -0.1) is 5.10 Å². The molecule has 0 amide bonds. The van der Waals surface area contributed by atoms with Crippen molar-refractivity contribution >= 4 is 21.7 Å². The Labute approximate surface area is 127 Å². The summed E-state index contributed by atoms with van der Waals surface area (Å²) in [6.07, 6.45) is 8.77. The highest BCUT2D eigenvalue weighted by molar-refractivity contribution is 9.10. The average molecular weight is 338 g/mol. The zero-order valence-corrected chi connectivity index (χ0v) is 13.4. The standard InChI is InChI=1S/C15H20BrN3O/c1-19-13(14(16)17-18-19)12(20)8-15-5-9-2-10(6-15)4-11(3-9)7-15/h9-11H,2-8H2,1H3. The highest BCUT2D eigenvalue weighted by atomic mass is 79.9. The topological polar surface area (TPSA) is 47.8 Å². The van der Waals surface area contributed by atoms with Crippen molar-refractivity contribution in [3.8, 4) is 0 Å². The van der Waals surface area contributed by atoms with Crippen molar-refractivity contribution in [1.29, 1.82) is 0 Å². The van der Waals surface area contributed by atoms with E-state index >= 15 is 0 Å². The van der Waals surface area contributed by atoms with Crippen LogP contribution in [0.1, 0.15) is 55.4 Å². The molecular formula is C15H20BrN3O. The van der Waals surface area contributed by atoms with Crippen molar-refractivity contribution < 1.29 is 4.79 Å². The number of aryl methyl sites for hydroxylation is 1. The Bertz CT molecular complexity index is 511. The normalized spacial score (nSPS) is 38.4. The third kappa shape index (κ3) is 1.97. The van der Waals surface area contributed by atoms with Gasteiger partial charge in [-0.1, -0.05) is 5.21 Å². The maximum atomic E-state index is 12.7. The molecule has 0 atom stereocenters. The lowest BCUT2D eigenvalue weighted by Gasteiger charge is -2.56. The van der Waals surface area contributed by atoms with Crippen molar-refractivity contribution in [1.82, 2.24) is 15.0 Å². The monoisotopic (exact) mass is 337 g/mol. The summed E-state index contributed by atoms with van der Waals surface area (Å²) in [5, 5.41) is 7.87. The van der Waals surface area contributed by atoms with Gasteiger partial charge in [0.05, 0.1) is 0 Å². The van der Waals surface area contributed by atoms with Crippen LogP contribution in [0.5, 0.6) is 0 Å². The van der Waals surface area contributed by atoms with Gasteiger partial charge in [-0.05, 0) is 77.6 Å². The molecule has 4 nitrogen and oxygen atoms in total. The quantitative estimate of drug-likeness (QED) is 0.794. The molecular weight excluding hydrogens is 318 g/mol. The Kier molecular flexibility index (Phi) is 2.85. The van der Waals surface area contributed by atoms with Crippen LogP contribution < -0.4 is 0 Å². The molecule has 4 aliphatic rings. The van der Waals surface area contributed by atoms with Crippen LogP contribution in [0.2, 0.25) is 0 Å². The molecule has 0 N–H and O–H groups in total. The molecule has 0 saturated heterocycles. The highest BCUT2D eigenvalue weighted by Gasteiger charge is 2.51. The van der Waals surface area contributed by atoms with Crippen molar-refractivity contribution in [3.63, 3.8) is 0 Å². The predicted molar refractivity (Wildman–Crippen MR) is 78.3 cm³/mol. The van der Waals surface area contributed by atoms with Gasteiger partial charge in [0.2, 0.25) is 0 Å². The van der Waals surface area contributed by atoms with Crippen molar-refractivity contribution in [2.45, 2.75) is 44.9 Å². The maximum Gasteiger partial charge on any atom is 0.184 e. The highest BCUT2D eigenvalue weighted by Crippen LogP contribution is 2.61. The fourth-order valence-electron chi connectivity index (χ4n) is 5.56. The van der Waals surface area contributed by atoms with Crippen LogP contribution >= 0.6 is 15.9 Å². The van der Waals surface area contributed by atoms with Gasteiger partial charge in [0.15, 0.2) is 10.4 Å². The Morgan fingerprint density at radius 1 is 1.25 bits per heavy atom. The number of nitrogens with zero attached hydrogens (tertiary/aromatic N) is 3. The van der Waals surface area contributed by atoms with Gasteiger partial charge in [0.25, 0.3) is 0 Å². The number of hydrogen-bond acceptors (Lipinski definition) is 3. The Balaban J connectivity index is 1.58.